The number of nitrogens with zero attached hydrogens (tertiary/aromatic N) is 1. The van der Waals surface area contributed by atoms with Gasteiger partial charge >= 0.3 is 0 Å². The fourth-order valence-electron chi connectivity index (χ4n) is 1.57. The SMILES string of the molecule is CCN(CCOC(C)(C)C)c1ccccc1. The first-order chi connectivity index (χ1) is 7.53. The Balaban J connectivity index is 2.45. The van der Waals surface area contributed by atoms with Gasteiger partial charge in [0.1, 0.15) is 0 Å². The first kappa shape index (κ1) is 13.0. The van der Waals surface area contributed by atoms with Gasteiger partial charge in [-0.2, -0.15) is 0 Å². The van der Waals surface area contributed by atoms with E-state index in [9.17, 15) is 0 Å². The van der Waals surface area contributed by atoms with E-state index in [2.05, 4.69) is 56.9 Å². The molecule has 0 aliphatic carbocycles. The van der Waals surface area contributed by atoms with Crippen molar-refractivity contribution in [2.75, 3.05) is 24.6 Å². The van der Waals surface area contributed by atoms with Crippen molar-refractivity contribution < 1.29 is 4.74 Å². The molecule has 0 bridgehead atoms. The van der Waals surface area contributed by atoms with Gasteiger partial charge < -0.3 is 9.64 Å². The highest BCUT2D eigenvalue weighted by atomic mass is 16.5. The van der Waals surface area contributed by atoms with E-state index >= 15 is 0 Å². The van der Waals surface area contributed by atoms with Gasteiger partial charge in [0.15, 0.2) is 0 Å². The molecule has 0 unspecified atom stereocenters. The Bertz CT molecular complexity index is 289. The van der Waals surface area contributed by atoms with Crippen molar-refractivity contribution in [3.8, 4) is 0 Å². The molecule has 0 heterocycles. The maximum absolute atomic E-state index is 5.74. The summed E-state index contributed by atoms with van der Waals surface area (Å²) in [4.78, 5) is 2.33. The molecule has 0 aromatic heterocycles. The molecular weight excluding hydrogens is 198 g/mol. The third-order valence-electron chi connectivity index (χ3n) is 2.40. The van der Waals surface area contributed by atoms with Gasteiger partial charge in [-0.25, -0.2) is 0 Å². The summed E-state index contributed by atoms with van der Waals surface area (Å²) in [5.74, 6) is 0. The Morgan fingerprint density at radius 1 is 1.12 bits per heavy atom. The van der Waals surface area contributed by atoms with E-state index in [1.54, 1.807) is 0 Å². The zero-order valence-corrected chi connectivity index (χ0v) is 10.9. The summed E-state index contributed by atoms with van der Waals surface area (Å²) in [5, 5.41) is 0. The van der Waals surface area contributed by atoms with Crippen molar-refractivity contribution in [3.63, 3.8) is 0 Å². The number of hydrogen-bond acceptors (Lipinski definition) is 2. The Labute approximate surface area is 99.2 Å². The van der Waals surface area contributed by atoms with Crippen molar-refractivity contribution in [1.82, 2.24) is 0 Å². The van der Waals surface area contributed by atoms with E-state index in [0.29, 0.717) is 0 Å². The molecule has 0 saturated carbocycles. The lowest BCUT2D eigenvalue weighted by atomic mass is 10.2. The molecule has 1 aromatic carbocycles. The normalized spacial score (nSPS) is 11.5. The molecule has 0 saturated heterocycles. The minimum atomic E-state index is -0.0455. The highest BCUT2D eigenvalue weighted by molar-refractivity contribution is 5.45. The van der Waals surface area contributed by atoms with Crippen molar-refractivity contribution >= 4 is 5.69 Å². The van der Waals surface area contributed by atoms with Crippen LogP contribution in [-0.2, 0) is 4.74 Å². The van der Waals surface area contributed by atoms with Crippen LogP contribution in [0.2, 0.25) is 0 Å². The lowest BCUT2D eigenvalue weighted by molar-refractivity contribution is 0.00142. The minimum Gasteiger partial charge on any atom is -0.374 e. The summed E-state index contributed by atoms with van der Waals surface area (Å²) in [7, 11) is 0. The number of anilines is 1. The molecule has 0 spiro atoms. The fraction of sp³-hybridized carbons (Fsp3) is 0.571. The van der Waals surface area contributed by atoms with Crippen LogP contribution in [0.25, 0.3) is 0 Å². The number of likely N-dealkylation sites (N-methyl/N-ethyl adjacent to an activating group) is 1. The molecule has 90 valence electrons. The van der Waals surface area contributed by atoms with Gasteiger partial charge in [-0.1, -0.05) is 18.2 Å². The van der Waals surface area contributed by atoms with E-state index in [-0.39, 0.29) is 5.60 Å². The van der Waals surface area contributed by atoms with Crippen LogP contribution >= 0.6 is 0 Å². The summed E-state index contributed by atoms with van der Waals surface area (Å²) < 4.78 is 5.74. The first-order valence-electron chi connectivity index (χ1n) is 5.97. The molecule has 2 heteroatoms. The second-order valence-electron chi connectivity index (χ2n) is 4.88. The highest BCUT2D eigenvalue weighted by Gasteiger charge is 2.10. The third-order valence-corrected chi connectivity index (χ3v) is 2.40. The third kappa shape index (κ3) is 4.67. The van der Waals surface area contributed by atoms with Gasteiger partial charge in [0.25, 0.3) is 0 Å². The maximum atomic E-state index is 5.74. The molecule has 1 aromatic rings. The van der Waals surface area contributed by atoms with Crippen LogP contribution in [0.1, 0.15) is 27.7 Å². The zero-order chi connectivity index (χ0) is 12.0. The molecular formula is C14H23NO. The van der Waals surface area contributed by atoms with E-state index in [1.807, 2.05) is 6.07 Å². The number of rotatable bonds is 5. The molecule has 0 N–H and O–H groups in total. The largest absolute Gasteiger partial charge is 0.374 e. The number of hydrogen-bond donors (Lipinski definition) is 0. The van der Waals surface area contributed by atoms with Crippen LogP contribution in [0, 0.1) is 0 Å². The average molecular weight is 221 g/mol. The zero-order valence-electron chi connectivity index (χ0n) is 10.9. The van der Waals surface area contributed by atoms with Gasteiger partial charge in [0.05, 0.1) is 12.2 Å². The van der Waals surface area contributed by atoms with Crippen molar-refractivity contribution in [2.24, 2.45) is 0 Å². The van der Waals surface area contributed by atoms with Gasteiger partial charge in [-0.3, -0.25) is 0 Å². The van der Waals surface area contributed by atoms with Crippen molar-refractivity contribution in [2.45, 2.75) is 33.3 Å². The summed E-state index contributed by atoms with van der Waals surface area (Å²) in [6.07, 6.45) is 0. The van der Waals surface area contributed by atoms with Gasteiger partial charge in [0, 0.05) is 18.8 Å². The van der Waals surface area contributed by atoms with Gasteiger partial charge in [-0.15, -0.1) is 0 Å². The minimum absolute atomic E-state index is 0.0455. The number of benzene rings is 1. The molecule has 0 atom stereocenters. The van der Waals surface area contributed by atoms with Crippen LogP contribution in [-0.4, -0.2) is 25.3 Å². The van der Waals surface area contributed by atoms with E-state index in [1.165, 1.54) is 5.69 Å². The van der Waals surface area contributed by atoms with E-state index < -0.39 is 0 Å². The average Bonchev–Trinajstić information content (AvgIpc) is 2.24. The lowest BCUT2D eigenvalue weighted by Crippen LogP contribution is -2.30. The van der Waals surface area contributed by atoms with Crippen LogP contribution in [0.4, 0.5) is 5.69 Å². The standard InChI is InChI=1S/C14H23NO/c1-5-15(11-12-16-14(2,3)4)13-9-7-6-8-10-13/h6-10H,5,11-12H2,1-4H3. The summed E-state index contributed by atoms with van der Waals surface area (Å²) in [6, 6.07) is 10.5. The molecule has 0 radical (unpaired) electrons. The highest BCUT2D eigenvalue weighted by Crippen LogP contribution is 2.13. The second-order valence-corrected chi connectivity index (χ2v) is 4.88. The molecule has 0 amide bonds. The molecule has 0 aliphatic heterocycles. The molecule has 2 nitrogen and oxygen atoms in total. The Kier molecular flexibility index (Phi) is 4.81. The van der Waals surface area contributed by atoms with E-state index in [4.69, 9.17) is 4.74 Å². The number of ether oxygens (including phenoxy) is 1. The smallest absolute Gasteiger partial charge is 0.0648 e. The Morgan fingerprint density at radius 2 is 1.75 bits per heavy atom. The Hall–Kier alpha value is -1.02. The predicted molar refractivity (Wildman–Crippen MR) is 70.0 cm³/mol. The molecule has 16 heavy (non-hydrogen) atoms. The van der Waals surface area contributed by atoms with Crippen LogP contribution in [0.15, 0.2) is 30.3 Å². The predicted octanol–water partition coefficient (Wildman–Crippen LogP) is 3.33. The lowest BCUT2D eigenvalue weighted by Gasteiger charge is -2.26. The molecule has 0 aliphatic rings. The quantitative estimate of drug-likeness (QED) is 0.756. The molecule has 1 rings (SSSR count). The summed E-state index contributed by atoms with van der Waals surface area (Å²) >= 11 is 0. The van der Waals surface area contributed by atoms with Gasteiger partial charge in [0.2, 0.25) is 0 Å². The topological polar surface area (TPSA) is 12.5 Å². The van der Waals surface area contributed by atoms with Crippen molar-refractivity contribution in [1.29, 1.82) is 0 Å². The maximum Gasteiger partial charge on any atom is 0.0648 e. The summed E-state index contributed by atoms with van der Waals surface area (Å²) in [5.41, 5.74) is 1.22. The van der Waals surface area contributed by atoms with Crippen molar-refractivity contribution in [3.05, 3.63) is 30.3 Å². The van der Waals surface area contributed by atoms with E-state index in [0.717, 1.165) is 19.7 Å². The monoisotopic (exact) mass is 221 g/mol. The van der Waals surface area contributed by atoms with Gasteiger partial charge in [-0.05, 0) is 39.8 Å². The van der Waals surface area contributed by atoms with Crippen LogP contribution < -0.4 is 4.90 Å². The van der Waals surface area contributed by atoms with Crippen LogP contribution in [0.3, 0.4) is 0 Å². The fourth-order valence-corrected chi connectivity index (χ4v) is 1.57. The summed E-state index contributed by atoms with van der Waals surface area (Å²) in [6.45, 7) is 11.2. The van der Waals surface area contributed by atoms with Crippen LogP contribution in [0.5, 0.6) is 0 Å². The Morgan fingerprint density at radius 3 is 2.25 bits per heavy atom. The first-order valence-corrected chi connectivity index (χ1v) is 5.97. The second kappa shape index (κ2) is 5.90. The number of para-hydroxylation sites is 1. The molecule has 0 fully saturated rings.